The van der Waals surface area contributed by atoms with Crippen LogP contribution in [0.2, 0.25) is 0 Å². The van der Waals surface area contributed by atoms with E-state index in [0.29, 0.717) is 17.2 Å². The van der Waals surface area contributed by atoms with Gasteiger partial charge in [-0.05, 0) is 47.6 Å². The van der Waals surface area contributed by atoms with Gasteiger partial charge in [-0.15, -0.1) is 0 Å². The summed E-state index contributed by atoms with van der Waals surface area (Å²) in [4.78, 5) is 10.1. The van der Waals surface area contributed by atoms with Crippen molar-refractivity contribution in [1.29, 1.82) is 0 Å². The highest BCUT2D eigenvalue weighted by molar-refractivity contribution is 7.80. The molecule has 126 valence electrons. The van der Waals surface area contributed by atoms with Gasteiger partial charge in [-0.2, -0.15) is 0 Å². The Hall–Kier alpha value is -2.58. The van der Waals surface area contributed by atoms with E-state index in [1.54, 1.807) is 12.1 Å². The molecular weight excluding hydrogens is 333 g/mol. The molecule has 0 aliphatic heterocycles. The minimum absolute atomic E-state index is 0.0320. The van der Waals surface area contributed by atoms with E-state index in [9.17, 15) is 19.6 Å². The second-order valence-electron chi connectivity index (χ2n) is 5.05. The van der Waals surface area contributed by atoms with Crippen molar-refractivity contribution in [3.8, 4) is 0 Å². The smallest absolute Gasteiger partial charge is 0.269 e. The highest BCUT2D eigenvalue weighted by atomic mass is 32.1. The first-order valence-corrected chi connectivity index (χ1v) is 7.55. The second kappa shape index (κ2) is 8.32. The molecule has 2 aromatic rings. The number of nitro benzene ring substituents is 1. The summed E-state index contributed by atoms with van der Waals surface area (Å²) in [7, 11) is 0. The van der Waals surface area contributed by atoms with Crippen molar-refractivity contribution >= 4 is 23.0 Å². The van der Waals surface area contributed by atoms with E-state index in [4.69, 9.17) is 12.2 Å². The largest absolute Gasteiger partial charge is 0.387 e. The van der Waals surface area contributed by atoms with Gasteiger partial charge in [0.2, 0.25) is 0 Å². The fourth-order valence-corrected chi connectivity index (χ4v) is 2.13. The van der Waals surface area contributed by atoms with E-state index >= 15 is 0 Å². The van der Waals surface area contributed by atoms with Crippen LogP contribution < -0.4 is 10.6 Å². The van der Waals surface area contributed by atoms with Crippen LogP contribution in [0.4, 0.5) is 10.1 Å². The lowest BCUT2D eigenvalue weighted by atomic mass is 10.1. The van der Waals surface area contributed by atoms with Crippen LogP contribution in [0.15, 0.2) is 48.5 Å². The first-order valence-electron chi connectivity index (χ1n) is 7.14. The summed E-state index contributed by atoms with van der Waals surface area (Å²) in [6.45, 7) is 0.590. The Bertz CT molecular complexity index is 708. The predicted molar refractivity (Wildman–Crippen MR) is 91.9 cm³/mol. The zero-order valence-corrected chi connectivity index (χ0v) is 13.4. The first-order chi connectivity index (χ1) is 11.5. The van der Waals surface area contributed by atoms with Crippen LogP contribution in [0.5, 0.6) is 0 Å². The molecule has 0 saturated carbocycles. The van der Waals surface area contributed by atoms with Crippen LogP contribution in [0.25, 0.3) is 0 Å². The fourth-order valence-electron chi connectivity index (χ4n) is 1.97. The molecule has 0 bridgehead atoms. The maximum Gasteiger partial charge on any atom is 0.269 e. The molecule has 8 heteroatoms. The van der Waals surface area contributed by atoms with Crippen LogP contribution in [0.3, 0.4) is 0 Å². The summed E-state index contributed by atoms with van der Waals surface area (Å²) in [5.74, 6) is -0.300. The molecule has 0 unspecified atom stereocenters. The number of rotatable bonds is 6. The van der Waals surface area contributed by atoms with E-state index in [1.807, 2.05) is 0 Å². The quantitative estimate of drug-likeness (QED) is 0.422. The standard InChI is InChI=1S/C16H16FN3O3S/c17-13-5-1-11(2-6-13)9-18-16(24)19-10-15(21)12-3-7-14(8-4-12)20(22)23/h1-8,15,21H,9-10H2,(H2,18,19,24)/t15-/m0/s1. The van der Waals surface area contributed by atoms with Crippen LogP contribution in [0, 0.1) is 15.9 Å². The number of nitrogens with zero attached hydrogens (tertiary/aromatic N) is 1. The van der Waals surface area contributed by atoms with Gasteiger partial charge in [-0.25, -0.2) is 4.39 Å². The molecule has 0 radical (unpaired) electrons. The van der Waals surface area contributed by atoms with Crippen LogP contribution in [0.1, 0.15) is 17.2 Å². The first kappa shape index (κ1) is 17.8. The molecule has 0 fully saturated rings. The van der Waals surface area contributed by atoms with Crippen molar-refractivity contribution in [1.82, 2.24) is 10.6 Å². The van der Waals surface area contributed by atoms with Gasteiger partial charge in [0, 0.05) is 25.2 Å². The molecule has 0 aromatic heterocycles. The van der Waals surface area contributed by atoms with E-state index < -0.39 is 11.0 Å². The Kier molecular flexibility index (Phi) is 6.16. The summed E-state index contributed by atoms with van der Waals surface area (Å²) < 4.78 is 12.8. The normalized spacial score (nSPS) is 11.6. The zero-order chi connectivity index (χ0) is 17.5. The molecular formula is C16H16FN3O3S. The second-order valence-corrected chi connectivity index (χ2v) is 5.46. The maximum atomic E-state index is 12.8. The van der Waals surface area contributed by atoms with Crippen molar-refractivity contribution in [3.05, 3.63) is 75.6 Å². The number of nitro groups is 1. The van der Waals surface area contributed by atoms with E-state index in [-0.39, 0.29) is 18.0 Å². The third kappa shape index (κ3) is 5.25. The van der Waals surface area contributed by atoms with E-state index in [0.717, 1.165) is 5.56 Å². The van der Waals surface area contributed by atoms with Crippen LogP contribution >= 0.6 is 12.2 Å². The van der Waals surface area contributed by atoms with Crippen molar-refractivity contribution in [2.75, 3.05) is 6.54 Å². The predicted octanol–water partition coefficient (Wildman–Crippen LogP) is 2.43. The Morgan fingerprint density at radius 3 is 2.38 bits per heavy atom. The summed E-state index contributed by atoms with van der Waals surface area (Å²) >= 11 is 5.11. The van der Waals surface area contributed by atoms with Crippen molar-refractivity contribution in [2.24, 2.45) is 0 Å². The number of hydrogen-bond donors (Lipinski definition) is 3. The molecule has 0 saturated heterocycles. The van der Waals surface area contributed by atoms with Gasteiger partial charge in [0.05, 0.1) is 11.0 Å². The minimum atomic E-state index is -0.851. The zero-order valence-electron chi connectivity index (χ0n) is 12.6. The van der Waals surface area contributed by atoms with Crippen molar-refractivity contribution in [3.63, 3.8) is 0 Å². The summed E-state index contributed by atoms with van der Waals surface area (Å²) in [5, 5.41) is 26.8. The van der Waals surface area contributed by atoms with Gasteiger partial charge in [-0.1, -0.05) is 12.1 Å². The summed E-state index contributed by atoms with van der Waals surface area (Å²) in [5.41, 5.74) is 1.39. The number of aliphatic hydroxyl groups is 1. The number of hydrogen-bond acceptors (Lipinski definition) is 4. The van der Waals surface area contributed by atoms with Gasteiger partial charge >= 0.3 is 0 Å². The SMILES string of the molecule is O=[N+]([O-])c1ccc([C@@H](O)CNC(=S)NCc2ccc(F)cc2)cc1. The van der Waals surface area contributed by atoms with Gasteiger partial charge in [0.1, 0.15) is 5.82 Å². The number of non-ortho nitro benzene ring substituents is 1. The highest BCUT2D eigenvalue weighted by Gasteiger charge is 2.11. The highest BCUT2D eigenvalue weighted by Crippen LogP contribution is 2.17. The average Bonchev–Trinajstić information content (AvgIpc) is 2.59. The van der Waals surface area contributed by atoms with Gasteiger partial charge < -0.3 is 15.7 Å². The molecule has 2 aromatic carbocycles. The van der Waals surface area contributed by atoms with Gasteiger partial charge in [-0.3, -0.25) is 10.1 Å². The topological polar surface area (TPSA) is 87.4 Å². The number of benzene rings is 2. The number of halogens is 1. The molecule has 1 atom stereocenters. The Morgan fingerprint density at radius 2 is 1.79 bits per heavy atom. The Labute approximate surface area is 143 Å². The molecule has 6 nitrogen and oxygen atoms in total. The number of aliphatic hydroxyl groups excluding tert-OH is 1. The van der Waals surface area contributed by atoms with Crippen molar-refractivity contribution in [2.45, 2.75) is 12.6 Å². The summed E-state index contributed by atoms with van der Waals surface area (Å²) in [6.07, 6.45) is -0.851. The van der Waals surface area contributed by atoms with Crippen LogP contribution in [-0.2, 0) is 6.54 Å². The summed E-state index contributed by atoms with van der Waals surface area (Å²) in [6, 6.07) is 11.7. The Morgan fingerprint density at radius 1 is 1.17 bits per heavy atom. The third-order valence-corrected chi connectivity index (χ3v) is 3.60. The van der Waals surface area contributed by atoms with E-state index in [1.165, 1.54) is 36.4 Å². The molecule has 0 amide bonds. The monoisotopic (exact) mass is 349 g/mol. The molecule has 0 aliphatic carbocycles. The maximum absolute atomic E-state index is 12.8. The molecule has 24 heavy (non-hydrogen) atoms. The fraction of sp³-hybridized carbons (Fsp3) is 0.188. The number of nitrogens with one attached hydrogen (secondary N) is 2. The molecule has 0 spiro atoms. The number of thiocarbonyl (C=S) groups is 1. The molecule has 3 N–H and O–H groups in total. The van der Waals surface area contributed by atoms with E-state index in [2.05, 4.69) is 10.6 Å². The molecule has 2 rings (SSSR count). The molecule has 0 aliphatic rings. The Balaban J connectivity index is 1.78. The molecule has 0 heterocycles. The van der Waals surface area contributed by atoms with Gasteiger partial charge in [0.25, 0.3) is 5.69 Å². The lowest BCUT2D eigenvalue weighted by Crippen LogP contribution is -2.37. The van der Waals surface area contributed by atoms with Crippen LogP contribution in [-0.4, -0.2) is 21.7 Å². The minimum Gasteiger partial charge on any atom is -0.387 e. The lowest BCUT2D eigenvalue weighted by Gasteiger charge is -2.15. The lowest BCUT2D eigenvalue weighted by molar-refractivity contribution is -0.384. The van der Waals surface area contributed by atoms with Crippen molar-refractivity contribution < 1.29 is 14.4 Å². The van der Waals surface area contributed by atoms with Gasteiger partial charge in [0.15, 0.2) is 5.11 Å². The third-order valence-electron chi connectivity index (χ3n) is 3.31. The average molecular weight is 349 g/mol.